The summed E-state index contributed by atoms with van der Waals surface area (Å²) < 4.78 is 3.59. The lowest BCUT2D eigenvalue weighted by Crippen LogP contribution is -1.95. The zero-order chi connectivity index (χ0) is 7.40. The average molecular weight is 154 g/mol. The highest BCUT2D eigenvalue weighted by Crippen LogP contribution is 2.12. The second-order valence-electron chi connectivity index (χ2n) is 1.75. The Morgan fingerprint density at radius 3 is 3.20 bits per heavy atom. The van der Waals surface area contributed by atoms with Crippen LogP contribution >= 0.6 is 11.5 Å². The Hall–Kier alpha value is -0.920. The molecule has 0 amide bonds. The lowest BCUT2D eigenvalue weighted by Gasteiger charge is -1.98. The smallest absolute Gasteiger partial charge is 0.110 e. The van der Waals surface area contributed by atoms with Gasteiger partial charge in [-0.25, -0.2) is 0 Å². The molecule has 10 heavy (non-hydrogen) atoms. The number of aliphatic hydroxyl groups is 1. The first-order valence-electron chi connectivity index (χ1n) is 2.73. The van der Waals surface area contributed by atoms with Gasteiger partial charge in [0, 0.05) is 11.8 Å². The van der Waals surface area contributed by atoms with Crippen molar-refractivity contribution in [3.8, 4) is 12.3 Å². The van der Waals surface area contributed by atoms with Crippen LogP contribution in [0.3, 0.4) is 0 Å². The molecule has 0 saturated heterocycles. The van der Waals surface area contributed by atoms with E-state index in [0.717, 1.165) is 0 Å². The zero-order valence-electron chi connectivity index (χ0n) is 5.19. The van der Waals surface area contributed by atoms with E-state index in [1.165, 1.54) is 11.5 Å². The van der Waals surface area contributed by atoms with Crippen LogP contribution < -0.4 is 0 Å². The number of hydrogen-bond donors (Lipinski definition) is 1. The van der Waals surface area contributed by atoms with E-state index in [4.69, 9.17) is 6.42 Å². The van der Waals surface area contributed by atoms with Crippen LogP contribution in [0.25, 0.3) is 0 Å². The van der Waals surface area contributed by atoms with Crippen LogP contribution in [0.1, 0.15) is 18.2 Å². The van der Waals surface area contributed by atoms with Crippen LogP contribution in [-0.2, 0) is 0 Å². The normalized spacial score (nSPS) is 12.4. The number of aliphatic hydroxyl groups excluding tert-OH is 1. The van der Waals surface area contributed by atoms with Gasteiger partial charge < -0.3 is 5.11 Å². The van der Waals surface area contributed by atoms with Gasteiger partial charge >= 0.3 is 0 Å². The molecule has 3 nitrogen and oxygen atoms in total. The number of terminal acetylenes is 1. The zero-order valence-corrected chi connectivity index (χ0v) is 6.01. The molecule has 1 rings (SSSR count). The van der Waals surface area contributed by atoms with Crippen molar-refractivity contribution in [3.63, 3.8) is 0 Å². The van der Waals surface area contributed by atoms with Crippen LogP contribution in [0.5, 0.6) is 0 Å². The topological polar surface area (TPSA) is 46.0 Å². The van der Waals surface area contributed by atoms with Crippen LogP contribution in [0.4, 0.5) is 0 Å². The van der Waals surface area contributed by atoms with Gasteiger partial charge in [-0.1, -0.05) is 4.49 Å². The molecule has 0 bridgehead atoms. The Balaban J connectivity index is 2.61. The van der Waals surface area contributed by atoms with Crippen LogP contribution in [-0.4, -0.2) is 14.7 Å². The van der Waals surface area contributed by atoms with Crippen molar-refractivity contribution in [2.45, 2.75) is 12.5 Å². The maximum atomic E-state index is 9.17. The van der Waals surface area contributed by atoms with E-state index < -0.39 is 6.10 Å². The first-order valence-corrected chi connectivity index (χ1v) is 3.56. The Morgan fingerprint density at radius 2 is 2.70 bits per heavy atom. The van der Waals surface area contributed by atoms with Crippen LogP contribution in [0, 0.1) is 12.3 Å². The third-order valence-electron chi connectivity index (χ3n) is 1.03. The molecule has 0 saturated carbocycles. The molecule has 0 aliphatic heterocycles. The van der Waals surface area contributed by atoms with Crippen molar-refractivity contribution in [3.05, 3.63) is 11.1 Å². The molecule has 0 spiro atoms. The number of hydrogen-bond acceptors (Lipinski definition) is 4. The van der Waals surface area contributed by atoms with Gasteiger partial charge in [-0.3, -0.25) is 0 Å². The van der Waals surface area contributed by atoms with Gasteiger partial charge in [-0.05, 0) is 11.5 Å². The highest BCUT2D eigenvalue weighted by Gasteiger charge is 2.07. The summed E-state index contributed by atoms with van der Waals surface area (Å²) in [6.45, 7) is 0. The average Bonchev–Trinajstić information content (AvgIpc) is 2.38. The summed E-state index contributed by atoms with van der Waals surface area (Å²) in [6.07, 6.45) is 4.63. The third kappa shape index (κ3) is 1.53. The summed E-state index contributed by atoms with van der Waals surface area (Å²) in [5.74, 6) is 2.34. The number of aromatic nitrogens is 2. The van der Waals surface area contributed by atoms with E-state index >= 15 is 0 Å². The van der Waals surface area contributed by atoms with E-state index in [1.807, 2.05) is 0 Å². The lowest BCUT2D eigenvalue weighted by atomic mass is 10.2. The van der Waals surface area contributed by atoms with Crippen LogP contribution in [0.15, 0.2) is 5.38 Å². The van der Waals surface area contributed by atoms with Crippen molar-refractivity contribution < 1.29 is 5.11 Å². The maximum absolute atomic E-state index is 9.17. The molecule has 0 fully saturated rings. The molecule has 4 heteroatoms. The van der Waals surface area contributed by atoms with Gasteiger partial charge in [0.05, 0.1) is 0 Å². The number of nitrogens with zero attached hydrogens (tertiary/aromatic N) is 2. The quantitative estimate of drug-likeness (QED) is 0.634. The fourth-order valence-electron chi connectivity index (χ4n) is 0.533. The summed E-state index contributed by atoms with van der Waals surface area (Å²) in [7, 11) is 0. The van der Waals surface area contributed by atoms with Crippen LogP contribution in [0.2, 0.25) is 0 Å². The van der Waals surface area contributed by atoms with Crippen molar-refractivity contribution >= 4 is 11.5 Å². The van der Waals surface area contributed by atoms with Crippen molar-refractivity contribution in [1.82, 2.24) is 9.59 Å². The standard InChI is InChI=1S/C6H6N2OS/c1-2-3-6(9)5-4-10-8-7-5/h1,4,6,9H,3H2. The lowest BCUT2D eigenvalue weighted by molar-refractivity contribution is 0.179. The van der Waals surface area contributed by atoms with E-state index in [2.05, 4.69) is 15.5 Å². The van der Waals surface area contributed by atoms with E-state index in [1.54, 1.807) is 5.38 Å². The van der Waals surface area contributed by atoms with Gasteiger partial charge in [0.15, 0.2) is 0 Å². The molecule has 0 aliphatic carbocycles. The van der Waals surface area contributed by atoms with Gasteiger partial charge in [0.1, 0.15) is 11.8 Å². The monoisotopic (exact) mass is 154 g/mol. The molecule has 1 heterocycles. The fourth-order valence-corrected chi connectivity index (χ4v) is 1.03. The first kappa shape index (κ1) is 7.19. The molecule has 1 atom stereocenters. The summed E-state index contributed by atoms with van der Waals surface area (Å²) in [4.78, 5) is 0. The molecule has 0 radical (unpaired) electrons. The second-order valence-corrected chi connectivity index (χ2v) is 2.36. The molecule has 0 aliphatic rings. The minimum atomic E-state index is -0.649. The predicted octanol–water partition coefficient (Wildman–Crippen LogP) is 0.595. The maximum Gasteiger partial charge on any atom is 0.110 e. The van der Waals surface area contributed by atoms with Crippen molar-refractivity contribution in [2.24, 2.45) is 0 Å². The summed E-state index contributed by atoms with van der Waals surface area (Å²) in [5.41, 5.74) is 0.558. The second kappa shape index (κ2) is 3.30. The van der Waals surface area contributed by atoms with E-state index in [0.29, 0.717) is 12.1 Å². The fraction of sp³-hybridized carbons (Fsp3) is 0.333. The SMILES string of the molecule is C#CCC(O)c1csnn1. The Kier molecular flexibility index (Phi) is 2.37. The Labute approximate surface area is 62.9 Å². The number of rotatable bonds is 2. The minimum absolute atomic E-state index is 0.297. The van der Waals surface area contributed by atoms with Gasteiger partial charge in [0.25, 0.3) is 0 Å². The van der Waals surface area contributed by atoms with Crippen molar-refractivity contribution in [2.75, 3.05) is 0 Å². The molecule has 1 unspecified atom stereocenters. The summed E-state index contributed by atoms with van der Waals surface area (Å²) >= 11 is 1.20. The van der Waals surface area contributed by atoms with Crippen molar-refractivity contribution in [1.29, 1.82) is 0 Å². The summed E-state index contributed by atoms with van der Waals surface area (Å²) in [6, 6.07) is 0. The van der Waals surface area contributed by atoms with Gasteiger partial charge in [-0.2, -0.15) is 0 Å². The predicted molar refractivity (Wildman–Crippen MR) is 38.3 cm³/mol. The minimum Gasteiger partial charge on any atom is -0.386 e. The van der Waals surface area contributed by atoms with E-state index in [-0.39, 0.29) is 0 Å². The largest absolute Gasteiger partial charge is 0.386 e. The molecule has 1 N–H and O–H groups in total. The molecule has 1 aromatic heterocycles. The molecule has 52 valence electrons. The molecular formula is C6H6N2OS. The highest BCUT2D eigenvalue weighted by atomic mass is 32.1. The van der Waals surface area contributed by atoms with Gasteiger partial charge in [0.2, 0.25) is 0 Å². The summed E-state index contributed by atoms with van der Waals surface area (Å²) in [5, 5.41) is 14.5. The Morgan fingerprint density at radius 1 is 1.90 bits per heavy atom. The van der Waals surface area contributed by atoms with E-state index in [9.17, 15) is 5.11 Å². The molecule has 0 aromatic carbocycles. The Bertz CT molecular complexity index is 226. The highest BCUT2D eigenvalue weighted by molar-refractivity contribution is 7.03. The third-order valence-corrected chi connectivity index (χ3v) is 1.55. The first-order chi connectivity index (χ1) is 4.84. The van der Waals surface area contributed by atoms with Gasteiger partial charge in [-0.15, -0.1) is 17.4 Å². The molecule has 1 aromatic rings. The molecular weight excluding hydrogens is 148 g/mol.